The summed E-state index contributed by atoms with van der Waals surface area (Å²) >= 11 is 0. The minimum atomic E-state index is -3.41. The van der Waals surface area contributed by atoms with Crippen molar-refractivity contribution in [2.24, 2.45) is 0 Å². The highest BCUT2D eigenvalue weighted by molar-refractivity contribution is 8.12. The summed E-state index contributed by atoms with van der Waals surface area (Å²) in [5.74, 6) is 0. The largest absolute Gasteiger partial charge is 0.378 e. The van der Waals surface area contributed by atoms with Crippen LogP contribution >= 0.6 is 14.7 Å². The maximum Gasteiger partial charge on any atom is 0.378 e. The van der Waals surface area contributed by atoms with Crippen molar-refractivity contribution in [3.05, 3.63) is 73.3 Å². The molecule has 2 radical (unpaired) electrons. The van der Waals surface area contributed by atoms with Crippen LogP contribution in [0.3, 0.4) is 0 Å². The van der Waals surface area contributed by atoms with E-state index in [1.54, 1.807) is 6.08 Å². The number of rotatable bonds is 8. The Balaban J connectivity index is 2.73. The highest BCUT2D eigenvalue weighted by atomic mass is 31.2. The van der Waals surface area contributed by atoms with Gasteiger partial charge in [0.1, 0.15) is 0 Å². The lowest BCUT2D eigenvalue weighted by atomic mass is 10.4. The van der Waals surface area contributed by atoms with Gasteiger partial charge in [-0.1, -0.05) is 42.5 Å². The zero-order valence-electron chi connectivity index (χ0n) is 14.0. The fraction of sp³-hybridized carbons (Fsp3) is 0.222. The van der Waals surface area contributed by atoms with Crippen molar-refractivity contribution in [3.8, 4) is 0 Å². The van der Waals surface area contributed by atoms with Crippen LogP contribution in [0.2, 0.25) is 0 Å². The van der Waals surface area contributed by atoms with E-state index in [2.05, 4.69) is 6.58 Å². The van der Waals surface area contributed by atoms with Crippen molar-refractivity contribution >= 4 is 32.9 Å². The van der Waals surface area contributed by atoms with Gasteiger partial charge in [0.2, 0.25) is 0 Å². The third kappa shape index (κ3) is 3.58. The van der Waals surface area contributed by atoms with E-state index in [9.17, 15) is 4.57 Å². The first kappa shape index (κ1) is 19.2. The molecule has 0 aliphatic heterocycles. The minimum Gasteiger partial charge on any atom is -0.309 e. The highest BCUT2D eigenvalue weighted by Crippen LogP contribution is 2.72. The molecule has 0 saturated heterocycles. The molecule has 1 atom stereocenters. The van der Waals surface area contributed by atoms with Crippen LogP contribution in [0.25, 0.3) is 0 Å². The molecule has 0 amide bonds. The van der Waals surface area contributed by atoms with E-state index in [-0.39, 0.29) is 0 Å². The Morgan fingerprint density at radius 3 is 1.79 bits per heavy atom. The van der Waals surface area contributed by atoms with E-state index in [1.807, 2.05) is 60.7 Å². The second-order valence-corrected chi connectivity index (χ2v) is 11.4. The third-order valence-electron chi connectivity index (χ3n) is 4.09. The number of hydrogen-bond acceptors (Lipinski definition) is 3. The molecule has 0 aromatic heterocycles. The maximum absolute atomic E-state index is 13.3. The summed E-state index contributed by atoms with van der Waals surface area (Å²) in [7, 11) is 3.90. The second kappa shape index (κ2) is 8.27. The Morgan fingerprint density at radius 2 is 1.46 bits per heavy atom. The lowest BCUT2D eigenvalue weighted by molar-refractivity contribution is 0.273. The summed E-state index contributed by atoms with van der Waals surface area (Å²) in [5, 5.41) is 1.41. The molecule has 6 heteroatoms. The smallest absolute Gasteiger partial charge is 0.309 e. The molecule has 0 bridgehead atoms. The molecule has 0 fully saturated rings. The Labute approximate surface area is 146 Å². The van der Waals surface area contributed by atoms with Gasteiger partial charge in [0, 0.05) is 27.8 Å². The van der Waals surface area contributed by atoms with Crippen molar-refractivity contribution < 1.29 is 13.6 Å². The summed E-state index contributed by atoms with van der Waals surface area (Å²) in [6.07, 6.45) is 2.16. The normalized spacial score (nSPS) is 13.4. The number of hydrogen-bond donors (Lipinski definition) is 0. The molecule has 0 N–H and O–H groups in total. The molecule has 2 aromatic rings. The van der Waals surface area contributed by atoms with Gasteiger partial charge in [0.05, 0.1) is 10.6 Å². The summed E-state index contributed by atoms with van der Waals surface area (Å²) in [6, 6.07) is 19.6. The predicted octanol–water partition coefficient (Wildman–Crippen LogP) is 4.13. The Kier molecular flexibility index (Phi) is 6.60. The van der Waals surface area contributed by atoms with Crippen LogP contribution in [0.5, 0.6) is 0 Å². The van der Waals surface area contributed by atoms with Crippen LogP contribution in [0.15, 0.2) is 73.3 Å². The van der Waals surface area contributed by atoms with E-state index in [0.717, 1.165) is 10.6 Å². The van der Waals surface area contributed by atoms with Crippen LogP contribution in [0.1, 0.15) is 6.42 Å². The van der Waals surface area contributed by atoms with Crippen molar-refractivity contribution in [2.75, 3.05) is 14.2 Å². The van der Waals surface area contributed by atoms with Crippen LogP contribution < -0.4 is 10.6 Å². The van der Waals surface area contributed by atoms with Gasteiger partial charge >= 0.3 is 15.2 Å². The van der Waals surface area contributed by atoms with Gasteiger partial charge in [0.25, 0.3) is 0 Å². The van der Waals surface area contributed by atoms with Crippen LogP contribution in [-0.4, -0.2) is 27.2 Å². The lowest BCUT2D eigenvalue weighted by Gasteiger charge is -2.34. The first-order valence-electron chi connectivity index (χ1n) is 7.63. The monoisotopic (exact) mass is 359 g/mol. The molecule has 0 aliphatic rings. The molecule has 124 valence electrons. The van der Waals surface area contributed by atoms with Crippen molar-refractivity contribution in [2.45, 2.75) is 11.8 Å². The molecule has 2 aromatic carbocycles. The van der Waals surface area contributed by atoms with Gasteiger partial charge in [-0.15, -0.1) is 6.58 Å². The van der Waals surface area contributed by atoms with Gasteiger partial charge in [-0.25, -0.2) is 0 Å². The predicted molar refractivity (Wildman–Crippen MR) is 105 cm³/mol. The molecule has 2 rings (SSSR count). The van der Waals surface area contributed by atoms with Crippen molar-refractivity contribution in [3.63, 3.8) is 0 Å². The van der Waals surface area contributed by atoms with E-state index >= 15 is 0 Å². The van der Waals surface area contributed by atoms with E-state index < -0.39 is 20.1 Å². The maximum atomic E-state index is 13.3. The topological polar surface area (TPSA) is 35.5 Å². The highest BCUT2D eigenvalue weighted by Gasteiger charge is 2.55. The second-order valence-electron chi connectivity index (χ2n) is 5.36. The average Bonchev–Trinajstić information content (AvgIpc) is 2.66. The molecule has 0 spiro atoms. The summed E-state index contributed by atoms with van der Waals surface area (Å²) < 4.78 is 23.9. The SMILES string of the molecule is [B][P+](c1ccccc1)(c1ccccc1)C(CC=C)P(=O)(OC)OC. The van der Waals surface area contributed by atoms with E-state index in [0.29, 0.717) is 6.42 Å². The summed E-state index contributed by atoms with van der Waals surface area (Å²) in [6.45, 7) is 3.81. The van der Waals surface area contributed by atoms with Gasteiger partial charge in [0.15, 0.2) is 5.40 Å². The quantitative estimate of drug-likeness (QED) is 0.404. The van der Waals surface area contributed by atoms with Gasteiger partial charge in [-0.05, 0) is 24.3 Å². The zero-order valence-corrected chi connectivity index (χ0v) is 15.8. The van der Waals surface area contributed by atoms with E-state index in [4.69, 9.17) is 16.6 Å². The average molecular weight is 359 g/mol. The summed E-state index contributed by atoms with van der Waals surface area (Å²) in [4.78, 5) is 0. The fourth-order valence-corrected chi connectivity index (χ4v) is 9.82. The lowest BCUT2D eigenvalue weighted by Crippen LogP contribution is -2.32. The molecule has 24 heavy (non-hydrogen) atoms. The first-order valence-corrected chi connectivity index (χ1v) is 11.2. The summed E-state index contributed by atoms with van der Waals surface area (Å²) in [5.41, 5.74) is 0. The molecule has 3 nitrogen and oxygen atoms in total. The molecule has 0 aliphatic carbocycles. The van der Waals surface area contributed by atoms with Crippen molar-refractivity contribution in [1.82, 2.24) is 0 Å². The molecular formula is C18H22BO3P2+. The fourth-order valence-electron chi connectivity index (χ4n) is 2.83. The van der Waals surface area contributed by atoms with Crippen molar-refractivity contribution in [1.29, 1.82) is 0 Å². The van der Waals surface area contributed by atoms with Crippen LogP contribution in [0, 0.1) is 0 Å². The molecule has 0 saturated carbocycles. The Morgan fingerprint density at radius 1 is 1.04 bits per heavy atom. The van der Waals surface area contributed by atoms with Gasteiger partial charge in [-0.2, -0.15) is 0 Å². The Bertz CT molecular complexity index is 659. The first-order chi connectivity index (χ1) is 11.5. The standard InChI is InChI=1S/C18H22BO3P2/c1-4-11-18(24(20,21-2)22-3)23(19,16-12-7-5-8-13-16)17-14-9-6-10-15-17/h4-10,12-15,18H,1,11H2,2-3H3/q+1. The van der Waals surface area contributed by atoms with Gasteiger partial charge in [-0.3, -0.25) is 4.57 Å². The molecular weight excluding hydrogens is 337 g/mol. The van der Waals surface area contributed by atoms with E-state index in [1.165, 1.54) is 14.2 Å². The minimum absolute atomic E-state index is 0.438. The van der Waals surface area contributed by atoms with Crippen LogP contribution in [0.4, 0.5) is 0 Å². The third-order valence-corrected chi connectivity index (χ3v) is 11.4. The molecule has 0 heterocycles. The Hall–Kier alpha value is -1.18. The van der Waals surface area contributed by atoms with Gasteiger partial charge < -0.3 is 9.05 Å². The molecule has 1 unspecified atom stereocenters. The van der Waals surface area contributed by atoms with Crippen LogP contribution in [-0.2, 0) is 13.6 Å². The number of benzene rings is 2. The number of allylic oxidation sites excluding steroid dienone is 1. The zero-order chi connectivity index (χ0) is 17.6.